The Balaban J connectivity index is 2.52. The first kappa shape index (κ1) is 11.6. The molecule has 0 saturated carbocycles. The molecule has 0 radical (unpaired) electrons. The van der Waals surface area contributed by atoms with Crippen LogP contribution in [0, 0.1) is 0 Å². The maximum atomic E-state index is 10.7. The average molecular weight is 229 g/mol. The summed E-state index contributed by atoms with van der Waals surface area (Å²) >= 11 is 0. The van der Waals surface area contributed by atoms with Gasteiger partial charge in [-0.3, -0.25) is 4.98 Å². The van der Waals surface area contributed by atoms with Crippen molar-refractivity contribution in [2.45, 2.75) is 18.9 Å². The second-order valence-electron chi connectivity index (χ2n) is 3.98. The van der Waals surface area contributed by atoms with Gasteiger partial charge in [0.05, 0.1) is 5.69 Å². The molecule has 0 spiro atoms. The lowest BCUT2D eigenvalue weighted by molar-refractivity contribution is 0.0717. The molecule has 2 aromatic rings. The van der Waals surface area contributed by atoms with Crippen LogP contribution in [0.25, 0.3) is 0 Å². The molecule has 0 aliphatic heterocycles. The maximum Gasteiger partial charge on any atom is 0.131 e. The van der Waals surface area contributed by atoms with Gasteiger partial charge < -0.3 is 10.2 Å². The number of benzene rings is 1. The van der Waals surface area contributed by atoms with Crippen molar-refractivity contribution in [3.05, 3.63) is 59.9 Å². The van der Waals surface area contributed by atoms with Crippen molar-refractivity contribution < 1.29 is 10.2 Å². The third kappa shape index (κ3) is 2.15. The van der Waals surface area contributed by atoms with Crippen molar-refractivity contribution in [3.8, 4) is 5.75 Å². The van der Waals surface area contributed by atoms with Crippen molar-refractivity contribution in [2.75, 3.05) is 0 Å². The van der Waals surface area contributed by atoms with Crippen LogP contribution in [-0.2, 0) is 5.60 Å². The summed E-state index contributed by atoms with van der Waals surface area (Å²) in [7, 11) is 0. The van der Waals surface area contributed by atoms with Crippen molar-refractivity contribution >= 4 is 0 Å². The largest absolute Gasteiger partial charge is 0.508 e. The zero-order chi connectivity index (χ0) is 12.3. The fourth-order valence-electron chi connectivity index (χ4n) is 1.90. The SMILES string of the molecule is CCC(O)(c1cccc(O)c1)c1ccccn1. The Bertz CT molecular complexity index is 499. The highest BCUT2D eigenvalue weighted by Gasteiger charge is 2.30. The van der Waals surface area contributed by atoms with Gasteiger partial charge in [-0.15, -0.1) is 0 Å². The second kappa shape index (κ2) is 4.55. The van der Waals surface area contributed by atoms with Gasteiger partial charge >= 0.3 is 0 Å². The number of hydrogen-bond donors (Lipinski definition) is 2. The summed E-state index contributed by atoms with van der Waals surface area (Å²) in [5.41, 5.74) is 0.0896. The van der Waals surface area contributed by atoms with E-state index < -0.39 is 5.60 Å². The third-order valence-corrected chi connectivity index (χ3v) is 2.92. The molecule has 1 unspecified atom stereocenters. The Morgan fingerprint density at radius 3 is 2.59 bits per heavy atom. The lowest BCUT2D eigenvalue weighted by Crippen LogP contribution is -2.27. The smallest absolute Gasteiger partial charge is 0.131 e. The van der Waals surface area contributed by atoms with Crippen molar-refractivity contribution in [3.63, 3.8) is 0 Å². The summed E-state index contributed by atoms with van der Waals surface area (Å²) in [6.45, 7) is 1.89. The predicted octanol–water partition coefficient (Wildman–Crippen LogP) is 2.43. The van der Waals surface area contributed by atoms with E-state index in [0.717, 1.165) is 0 Å². The first-order valence-electron chi connectivity index (χ1n) is 5.60. The van der Waals surface area contributed by atoms with Crippen molar-refractivity contribution in [2.24, 2.45) is 0 Å². The number of phenolic OH excluding ortho intramolecular Hbond substituents is 1. The van der Waals surface area contributed by atoms with E-state index in [1.165, 1.54) is 0 Å². The minimum atomic E-state index is -1.15. The highest BCUT2D eigenvalue weighted by molar-refractivity contribution is 5.36. The van der Waals surface area contributed by atoms with Gasteiger partial charge in [-0.05, 0) is 36.2 Å². The summed E-state index contributed by atoms with van der Waals surface area (Å²) in [5.74, 6) is 0.144. The molecule has 1 aromatic carbocycles. The molecule has 0 amide bonds. The molecule has 0 bridgehead atoms. The maximum absolute atomic E-state index is 10.7. The molecule has 1 atom stereocenters. The van der Waals surface area contributed by atoms with Gasteiger partial charge in [-0.1, -0.05) is 25.1 Å². The van der Waals surface area contributed by atoms with E-state index in [0.29, 0.717) is 17.7 Å². The van der Waals surface area contributed by atoms with Gasteiger partial charge in [-0.2, -0.15) is 0 Å². The first-order chi connectivity index (χ1) is 8.16. The summed E-state index contributed by atoms with van der Waals surface area (Å²) in [5, 5.41) is 20.2. The lowest BCUT2D eigenvalue weighted by Gasteiger charge is -2.26. The van der Waals surface area contributed by atoms with E-state index in [9.17, 15) is 10.2 Å². The van der Waals surface area contributed by atoms with Crippen LogP contribution in [0.15, 0.2) is 48.7 Å². The van der Waals surface area contributed by atoms with E-state index >= 15 is 0 Å². The Morgan fingerprint density at radius 2 is 2.00 bits per heavy atom. The highest BCUT2D eigenvalue weighted by atomic mass is 16.3. The Morgan fingerprint density at radius 1 is 1.18 bits per heavy atom. The van der Waals surface area contributed by atoms with Crippen LogP contribution in [-0.4, -0.2) is 15.2 Å². The molecule has 0 saturated heterocycles. The van der Waals surface area contributed by atoms with Crippen molar-refractivity contribution in [1.82, 2.24) is 4.98 Å². The number of aliphatic hydroxyl groups is 1. The Hall–Kier alpha value is -1.87. The van der Waals surface area contributed by atoms with Gasteiger partial charge in [-0.25, -0.2) is 0 Å². The molecule has 3 nitrogen and oxygen atoms in total. The van der Waals surface area contributed by atoms with Gasteiger partial charge in [0.2, 0.25) is 0 Å². The van der Waals surface area contributed by atoms with Crippen molar-refractivity contribution in [1.29, 1.82) is 0 Å². The summed E-state index contributed by atoms with van der Waals surface area (Å²) in [4.78, 5) is 4.20. The van der Waals surface area contributed by atoms with Gasteiger partial charge in [0, 0.05) is 6.20 Å². The molecule has 0 aliphatic carbocycles. The van der Waals surface area contributed by atoms with Crippen LogP contribution in [0.2, 0.25) is 0 Å². The first-order valence-corrected chi connectivity index (χ1v) is 5.60. The van der Waals surface area contributed by atoms with Crippen LogP contribution in [0.1, 0.15) is 24.6 Å². The number of hydrogen-bond acceptors (Lipinski definition) is 3. The van der Waals surface area contributed by atoms with Crippen LogP contribution >= 0.6 is 0 Å². The Kier molecular flexibility index (Phi) is 3.11. The minimum absolute atomic E-state index is 0.144. The predicted molar refractivity (Wildman–Crippen MR) is 65.6 cm³/mol. The fraction of sp³-hybridized carbons (Fsp3) is 0.214. The molecule has 1 heterocycles. The van der Waals surface area contributed by atoms with E-state index in [4.69, 9.17) is 0 Å². The lowest BCUT2D eigenvalue weighted by atomic mass is 9.87. The quantitative estimate of drug-likeness (QED) is 0.850. The van der Waals surface area contributed by atoms with Gasteiger partial charge in [0.25, 0.3) is 0 Å². The third-order valence-electron chi connectivity index (χ3n) is 2.92. The van der Waals surface area contributed by atoms with E-state index in [2.05, 4.69) is 4.98 Å². The van der Waals surface area contributed by atoms with Crippen LogP contribution in [0.3, 0.4) is 0 Å². The molecular formula is C14H15NO2. The molecule has 2 N–H and O–H groups in total. The topological polar surface area (TPSA) is 53.4 Å². The van der Waals surface area contributed by atoms with Crippen LogP contribution < -0.4 is 0 Å². The summed E-state index contributed by atoms with van der Waals surface area (Å²) < 4.78 is 0. The average Bonchev–Trinajstić information content (AvgIpc) is 2.39. The van der Waals surface area contributed by atoms with E-state index in [1.54, 1.807) is 36.5 Å². The number of pyridine rings is 1. The standard InChI is InChI=1S/C14H15NO2/c1-2-14(17,13-8-3-4-9-15-13)11-6-5-7-12(16)10-11/h3-10,16-17H,2H2,1H3. The second-order valence-corrected chi connectivity index (χ2v) is 3.98. The normalized spacial score (nSPS) is 14.2. The zero-order valence-corrected chi connectivity index (χ0v) is 9.67. The van der Waals surface area contributed by atoms with Gasteiger partial charge in [0.15, 0.2) is 0 Å². The number of aromatic hydroxyl groups is 1. The molecule has 3 heteroatoms. The number of rotatable bonds is 3. The molecule has 88 valence electrons. The molecule has 1 aromatic heterocycles. The highest BCUT2D eigenvalue weighted by Crippen LogP contribution is 2.32. The fourth-order valence-corrected chi connectivity index (χ4v) is 1.90. The number of nitrogens with zero attached hydrogens (tertiary/aromatic N) is 1. The molecule has 17 heavy (non-hydrogen) atoms. The van der Waals surface area contributed by atoms with Gasteiger partial charge in [0.1, 0.15) is 11.4 Å². The number of phenols is 1. The van der Waals surface area contributed by atoms with E-state index in [-0.39, 0.29) is 5.75 Å². The molecular weight excluding hydrogens is 214 g/mol. The minimum Gasteiger partial charge on any atom is -0.508 e. The molecule has 0 aliphatic rings. The molecule has 2 rings (SSSR count). The monoisotopic (exact) mass is 229 g/mol. The van der Waals surface area contributed by atoms with Crippen LogP contribution in [0.4, 0.5) is 0 Å². The Labute approximate surface area is 100 Å². The van der Waals surface area contributed by atoms with Crippen LogP contribution in [0.5, 0.6) is 5.75 Å². The number of aromatic nitrogens is 1. The summed E-state index contributed by atoms with van der Waals surface area (Å²) in [6, 6.07) is 12.1. The van der Waals surface area contributed by atoms with E-state index in [1.807, 2.05) is 19.1 Å². The zero-order valence-electron chi connectivity index (χ0n) is 9.67. The molecule has 0 fully saturated rings. The summed E-state index contributed by atoms with van der Waals surface area (Å²) in [6.07, 6.45) is 2.15.